The number of allylic oxidation sites excluding steroid dienone is 4. The van der Waals surface area contributed by atoms with Crippen molar-refractivity contribution >= 4 is 27.5 Å². The van der Waals surface area contributed by atoms with E-state index in [-0.39, 0.29) is 0 Å². The Morgan fingerprint density at radius 2 is 1.48 bits per heavy atom. The average Bonchev–Trinajstić information content (AvgIpc) is 2.81. The summed E-state index contributed by atoms with van der Waals surface area (Å²) in [5.41, 5.74) is 6.68. The molecular formula is C20H19N. The summed E-state index contributed by atoms with van der Waals surface area (Å²) in [6.45, 7) is 4.34. The molecule has 1 nitrogen and oxygen atoms in total. The van der Waals surface area contributed by atoms with Crippen LogP contribution in [0, 0.1) is 13.8 Å². The van der Waals surface area contributed by atoms with Crippen LogP contribution in [0.25, 0.3) is 27.5 Å². The molecule has 1 heterocycles. The molecule has 104 valence electrons. The van der Waals surface area contributed by atoms with Gasteiger partial charge in [0.15, 0.2) is 0 Å². The minimum Gasteiger partial charge on any atom is -0.313 e. The van der Waals surface area contributed by atoms with Crippen molar-refractivity contribution in [3.63, 3.8) is 0 Å². The van der Waals surface area contributed by atoms with Gasteiger partial charge in [-0.25, -0.2) is 0 Å². The van der Waals surface area contributed by atoms with Crippen LogP contribution in [0.2, 0.25) is 0 Å². The summed E-state index contributed by atoms with van der Waals surface area (Å²) in [6, 6.07) is 13.6. The second-order valence-electron chi connectivity index (χ2n) is 6.00. The molecule has 1 heteroatoms. The van der Waals surface area contributed by atoms with Crippen molar-refractivity contribution < 1.29 is 0 Å². The fraction of sp³-hybridized carbons (Fsp3) is 0.200. The third-order valence-corrected chi connectivity index (χ3v) is 4.36. The lowest BCUT2D eigenvalue weighted by Gasteiger charge is -2.13. The normalized spacial score (nSPS) is 14.9. The van der Waals surface area contributed by atoms with E-state index in [1.165, 1.54) is 38.6 Å². The maximum Gasteiger partial charge on any atom is 0.0538 e. The van der Waals surface area contributed by atoms with Crippen LogP contribution in [-0.4, -0.2) is 4.57 Å². The zero-order chi connectivity index (χ0) is 14.4. The van der Waals surface area contributed by atoms with E-state index in [0.29, 0.717) is 0 Å². The molecule has 0 radical (unpaired) electrons. The van der Waals surface area contributed by atoms with Gasteiger partial charge in [0.05, 0.1) is 11.0 Å². The Kier molecular flexibility index (Phi) is 2.75. The zero-order valence-electron chi connectivity index (χ0n) is 12.6. The number of hydrogen-bond acceptors (Lipinski definition) is 0. The molecule has 0 atom stereocenters. The number of hydrogen-bond donors (Lipinski definition) is 0. The highest BCUT2D eigenvalue weighted by molar-refractivity contribution is 6.10. The van der Waals surface area contributed by atoms with Gasteiger partial charge in [0.25, 0.3) is 0 Å². The number of rotatable bonds is 1. The van der Waals surface area contributed by atoms with Crippen molar-refractivity contribution in [2.24, 2.45) is 0 Å². The van der Waals surface area contributed by atoms with Gasteiger partial charge in [-0.2, -0.15) is 0 Å². The van der Waals surface area contributed by atoms with Crippen LogP contribution in [0.3, 0.4) is 0 Å². The van der Waals surface area contributed by atoms with Crippen LogP contribution in [0.4, 0.5) is 0 Å². The van der Waals surface area contributed by atoms with Crippen molar-refractivity contribution in [2.75, 3.05) is 0 Å². The van der Waals surface area contributed by atoms with E-state index in [9.17, 15) is 0 Å². The second kappa shape index (κ2) is 4.63. The van der Waals surface area contributed by atoms with E-state index in [1.54, 1.807) is 0 Å². The van der Waals surface area contributed by atoms with Crippen molar-refractivity contribution in [3.8, 4) is 0 Å². The van der Waals surface area contributed by atoms with Gasteiger partial charge in [-0.3, -0.25) is 0 Å². The lowest BCUT2D eigenvalue weighted by Crippen LogP contribution is -1.98. The van der Waals surface area contributed by atoms with E-state index in [2.05, 4.69) is 73.0 Å². The van der Waals surface area contributed by atoms with Crippen LogP contribution < -0.4 is 0 Å². The summed E-state index contributed by atoms with van der Waals surface area (Å²) in [6.07, 6.45) is 8.91. The summed E-state index contributed by atoms with van der Waals surface area (Å²) in [5, 5.41) is 2.73. The maximum absolute atomic E-state index is 2.44. The number of benzene rings is 2. The van der Waals surface area contributed by atoms with Crippen molar-refractivity contribution in [1.82, 2.24) is 4.57 Å². The molecular weight excluding hydrogens is 254 g/mol. The zero-order valence-corrected chi connectivity index (χ0v) is 12.6. The molecule has 4 rings (SSSR count). The topological polar surface area (TPSA) is 4.93 Å². The monoisotopic (exact) mass is 273 g/mol. The van der Waals surface area contributed by atoms with Gasteiger partial charge in [0.2, 0.25) is 0 Å². The Morgan fingerprint density at radius 3 is 2.00 bits per heavy atom. The van der Waals surface area contributed by atoms with Crippen molar-refractivity contribution in [3.05, 3.63) is 65.8 Å². The van der Waals surface area contributed by atoms with Gasteiger partial charge < -0.3 is 4.57 Å². The van der Waals surface area contributed by atoms with Crippen LogP contribution in [0.5, 0.6) is 0 Å². The SMILES string of the molecule is Cc1ccc2c(c1)c1cc(C)ccc1n2C1=CC=CCC1. The maximum atomic E-state index is 2.44. The molecule has 2 aromatic carbocycles. The molecule has 21 heavy (non-hydrogen) atoms. The Hall–Kier alpha value is -2.28. The summed E-state index contributed by atoms with van der Waals surface area (Å²) < 4.78 is 2.44. The molecule has 0 saturated heterocycles. The van der Waals surface area contributed by atoms with Crippen LogP contribution in [0.1, 0.15) is 24.0 Å². The minimum atomic E-state index is 1.11. The molecule has 0 spiro atoms. The summed E-state index contributed by atoms with van der Waals surface area (Å²) >= 11 is 0. The second-order valence-corrected chi connectivity index (χ2v) is 6.00. The smallest absolute Gasteiger partial charge is 0.0538 e. The Labute approximate surface area is 125 Å². The number of fused-ring (bicyclic) bond motifs is 3. The van der Waals surface area contributed by atoms with E-state index >= 15 is 0 Å². The first-order valence-electron chi connectivity index (χ1n) is 7.61. The van der Waals surface area contributed by atoms with Gasteiger partial charge in [0.1, 0.15) is 0 Å². The Balaban J connectivity index is 2.16. The fourth-order valence-electron chi connectivity index (χ4n) is 3.34. The van der Waals surface area contributed by atoms with E-state index in [4.69, 9.17) is 0 Å². The van der Waals surface area contributed by atoms with E-state index in [1.807, 2.05) is 0 Å². The Bertz CT molecular complexity index is 847. The molecule has 3 aromatic rings. The molecule has 0 saturated carbocycles. The molecule has 1 aliphatic rings. The van der Waals surface area contributed by atoms with E-state index in [0.717, 1.165) is 12.8 Å². The van der Waals surface area contributed by atoms with Crippen molar-refractivity contribution in [1.29, 1.82) is 0 Å². The number of aromatic nitrogens is 1. The fourth-order valence-corrected chi connectivity index (χ4v) is 3.34. The highest BCUT2D eigenvalue weighted by Gasteiger charge is 2.14. The number of nitrogens with zero attached hydrogens (tertiary/aromatic N) is 1. The molecule has 0 bridgehead atoms. The first-order valence-corrected chi connectivity index (χ1v) is 7.61. The van der Waals surface area contributed by atoms with Gasteiger partial charge in [-0.1, -0.05) is 35.4 Å². The highest BCUT2D eigenvalue weighted by Crippen LogP contribution is 2.34. The van der Waals surface area contributed by atoms with Crippen molar-refractivity contribution in [2.45, 2.75) is 26.7 Å². The van der Waals surface area contributed by atoms with Gasteiger partial charge in [-0.15, -0.1) is 0 Å². The first-order chi connectivity index (χ1) is 10.2. The largest absolute Gasteiger partial charge is 0.313 e. The van der Waals surface area contributed by atoms with Gasteiger partial charge in [-0.05, 0) is 57.0 Å². The van der Waals surface area contributed by atoms with Crippen LogP contribution in [0.15, 0.2) is 54.6 Å². The standard InChI is InChI=1S/C20H19N/c1-14-8-10-19-17(12-14)18-13-15(2)9-11-20(18)21(19)16-6-4-3-5-7-16/h3-4,6,8-13H,5,7H2,1-2H3. The van der Waals surface area contributed by atoms with Gasteiger partial charge >= 0.3 is 0 Å². The summed E-state index contributed by atoms with van der Waals surface area (Å²) in [5.74, 6) is 0. The van der Waals surface area contributed by atoms with Crippen LogP contribution >= 0.6 is 0 Å². The highest BCUT2D eigenvalue weighted by atomic mass is 15.0. The predicted octanol–water partition coefficient (Wildman–Crippen LogP) is 5.60. The molecule has 0 aliphatic heterocycles. The molecule has 0 fully saturated rings. The molecule has 1 aromatic heterocycles. The lowest BCUT2D eigenvalue weighted by atomic mass is 10.1. The van der Waals surface area contributed by atoms with Gasteiger partial charge in [0, 0.05) is 16.5 Å². The molecule has 1 aliphatic carbocycles. The third kappa shape index (κ3) is 1.92. The van der Waals surface area contributed by atoms with Crippen LogP contribution in [-0.2, 0) is 0 Å². The summed E-state index contributed by atoms with van der Waals surface area (Å²) in [4.78, 5) is 0. The number of aryl methyl sites for hydroxylation is 2. The average molecular weight is 273 g/mol. The summed E-state index contributed by atoms with van der Waals surface area (Å²) in [7, 11) is 0. The first kappa shape index (κ1) is 12.5. The Morgan fingerprint density at radius 1 is 0.857 bits per heavy atom. The third-order valence-electron chi connectivity index (χ3n) is 4.36. The van der Waals surface area contributed by atoms with E-state index < -0.39 is 0 Å². The minimum absolute atomic E-state index is 1.11. The quantitative estimate of drug-likeness (QED) is 0.543. The predicted molar refractivity (Wildman–Crippen MR) is 91.6 cm³/mol. The molecule has 0 unspecified atom stereocenters. The molecule has 0 N–H and O–H groups in total. The molecule has 0 amide bonds. The lowest BCUT2D eigenvalue weighted by molar-refractivity contribution is 0.979.